The van der Waals surface area contributed by atoms with E-state index in [1.165, 1.54) is 6.07 Å². The standard InChI is InChI=1S/C12H11BrF3N3/c13-9-7-8(12(14,15)16)1-2-10(9)19-6-5-18-11(19)3-4-17/h1-2,5-7H,3-4,17H2. The number of rotatable bonds is 3. The number of imidazole rings is 1. The van der Waals surface area contributed by atoms with Crippen LogP contribution in [0.5, 0.6) is 0 Å². The third-order valence-electron chi connectivity index (χ3n) is 2.62. The quantitative estimate of drug-likeness (QED) is 0.937. The van der Waals surface area contributed by atoms with E-state index < -0.39 is 11.7 Å². The zero-order chi connectivity index (χ0) is 14.0. The Bertz CT molecular complexity index is 578. The highest BCUT2D eigenvalue weighted by Gasteiger charge is 2.31. The van der Waals surface area contributed by atoms with Gasteiger partial charge in [0, 0.05) is 23.3 Å². The molecule has 1 heterocycles. The molecule has 2 aromatic rings. The molecule has 0 saturated heterocycles. The van der Waals surface area contributed by atoms with Crippen LogP contribution < -0.4 is 5.73 Å². The number of hydrogen-bond donors (Lipinski definition) is 1. The predicted octanol–water partition coefficient (Wildman–Crippen LogP) is 3.15. The van der Waals surface area contributed by atoms with E-state index in [0.29, 0.717) is 29.0 Å². The molecule has 0 aliphatic rings. The van der Waals surface area contributed by atoms with Gasteiger partial charge in [-0.3, -0.25) is 0 Å². The zero-order valence-corrected chi connectivity index (χ0v) is 11.4. The van der Waals surface area contributed by atoms with Gasteiger partial charge in [0.25, 0.3) is 0 Å². The Morgan fingerprint density at radius 2 is 2.05 bits per heavy atom. The first-order valence-electron chi connectivity index (χ1n) is 5.53. The van der Waals surface area contributed by atoms with E-state index in [1.54, 1.807) is 17.0 Å². The first kappa shape index (κ1) is 14.1. The molecule has 19 heavy (non-hydrogen) atoms. The average Bonchev–Trinajstić information content (AvgIpc) is 2.76. The van der Waals surface area contributed by atoms with Gasteiger partial charge in [-0.15, -0.1) is 0 Å². The minimum absolute atomic E-state index is 0.360. The minimum Gasteiger partial charge on any atom is -0.330 e. The summed E-state index contributed by atoms with van der Waals surface area (Å²) in [5.41, 5.74) is 5.39. The fourth-order valence-electron chi connectivity index (χ4n) is 1.75. The van der Waals surface area contributed by atoms with Gasteiger partial charge in [-0.2, -0.15) is 13.2 Å². The third kappa shape index (κ3) is 2.98. The number of hydrogen-bond acceptors (Lipinski definition) is 2. The van der Waals surface area contributed by atoms with Gasteiger partial charge >= 0.3 is 6.18 Å². The van der Waals surface area contributed by atoms with Crippen LogP contribution in [0.4, 0.5) is 13.2 Å². The van der Waals surface area contributed by atoms with Gasteiger partial charge in [0.1, 0.15) is 5.82 Å². The SMILES string of the molecule is NCCc1nccn1-c1ccc(C(F)(F)F)cc1Br. The van der Waals surface area contributed by atoms with Crippen molar-refractivity contribution in [3.8, 4) is 5.69 Å². The highest BCUT2D eigenvalue weighted by molar-refractivity contribution is 9.10. The van der Waals surface area contributed by atoms with Crippen molar-refractivity contribution in [1.29, 1.82) is 0 Å². The second-order valence-electron chi connectivity index (χ2n) is 3.92. The molecule has 102 valence electrons. The lowest BCUT2D eigenvalue weighted by atomic mass is 10.2. The summed E-state index contributed by atoms with van der Waals surface area (Å²) >= 11 is 3.17. The van der Waals surface area contributed by atoms with Crippen LogP contribution in [0.3, 0.4) is 0 Å². The van der Waals surface area contributed by atoms with E-state index in [9.17, 15) is 13.2 Å². The molecule has 0 spiro atoms. The molecule has 0 unspecified atom stereocenters. The summed E-state index contributed by atoms with van der Waals surface area (Å²) in [5.74, 6) is 0.711. The summed E-state index contributed by atoms with van der Waals surface area (Å²) in [7, 11) is 0. The monoisotopic (exact) mass is 333 g/mol. The first-order valence-corrected chi connectivity index (χ1v) is 6.32. The van der Waals surface area contributed by atoms with Gasteiger partial charge in [-0.05, 0) is 40.7 Å². The van der Waals surface area contributed by atoms with Crippen molar-refractivity contribution in [1.82, 2.24) is 9.55 Å². The van der Waals surface area contributed by atoms with Crippen LogP contribution in [0.15, 0.2) is 35.1 Å². The average molecular weight is 334 g/mol. The van der Waals surface area contributed by atoms with Crippen LogP contribution in [-0.2, 0) is 12.6 Å². The number of alkyl halides is 3. The van der Waals surface area contributed by atoms with Crippen molar-refractivity contribution in [3.63, 3.8) is 0 Å². The maximum Gasteiger partial charge on any atom is 0.416 e. The largest absolute Gasteiger partial charge is 0.416 e. The lowest BCUT2D eigenvalue weighted by molar-refractivity contribution is -0.137. The topological polar surface area (TPSA) is 43.8 Å². The number of nitrogens with two attached hydrogens (primary N) is 1. The van der Waals surface area contributed by atoms with Crippen molar-refractivity contribution >= 4 is 15.9 Å². The second kappa shape index (κ2) is 5.34. The van der Waals surface area contributed by atoms with Gasteiger partial charge in [-0.1, -0.05) is 0 Å². The molecule has 1 aromatic carbocycles. The molecule has 3 nitrogen and oxygen atoms in total. The smallest absolute Gasteiger partial charge is 0.330 e. The van der Waals surface area contributed by atoms with Gasteiger partial charge in [0.15, 0.2) is 0 Å². The molecule has 0 aliphatic heterocycles. The van der Waals surface area contributed by atoms with E-state index in [1.807, 2.05) is 0 Å². The molecule has 0 fully saturated rings. The molecule has 2 N–H and O–H groups in total. The van der Waals surface area contributed by atoms with Crippen LogP contribution in [0, 0.1) is 0 Å². The van der Waals surface area contributed by atoms with Gasteiger partial charge in [-0.25, -0.2) is 4.98 Å². The number of benzene rings is 1. The molecule has 7 heteroatoms. The normalized spacial score (nSPS) is 11.8. The Morgan fingerprint density at radius 3 is 2.63 bits per heavy atom. The third-order valence-corrected chi connectivity index (χ3v) is 3.26. The maximum atomic E-state index is 12.6. The van der Waals surface area contributed by atoms with E-state index in [4.69, 9.17) is 5.73 Å². The molecule has 0 atom stereocenters. The fourth-order valence-corrected chi connectivity index (χ4v) is 2.32. The molecular formula is C12H11BrF3N3. The van der Waals surface area contributed by atoms with Crippen LogP contribution in [-0.4, -0.2) is 16.1 Å². The van der Waals surface area contributed by atoms with Crippen LogP contribution in [0.25, 0.3) is 5.69 Å². The first-order chi connectivity index (χ1) is 8.93. The zero-order valence-electron chi connectivity index (χ0n) is 9.78. The molecule has 0 amide bonds. The summed E-state index contributed by atoms with van der Waals surface area (Å²) in [5, 5.41) is 0. The summed E-state index contributed by atoms with van der Waals surface area (Å²) in [4.78, 5) is 4.13. The van der Waals surface area contributed by atoms with Crippen molar-refractivity contribution < 1.29 is 13.2 Å². The highest BCUT2D eigenvalue weighted by atomic mass is 79.9. The molecular weight excluding hydrogens is 323 g/mol. The fraction of sp³-hybridized carbons (Fsp3) is 0.250. The van der Waals surface area contributed by atoms with Crippen molar-refractivity contribution in [2.24, 2.45) is 5.73 Å². The Hall–Kier alpha value is -1.34. The Morgan fingerprint density at radius 1 is 1.32 bits per heavy atom. The van der Waals surface area contributed by atoms with Crippen molar-refractivity contribution in [2.45, 2.75) is 12.6 Å². The molecule has 2 rings (SSSR count). The number of nitrogens with zero attached hydrogens (tertiary/aromatic N) is 2. The van der Waals surface area contributed by atoms with Crippen molar-refractivity contribution in [2.75, 3.05) is 6.54 Å². The molecule has 0 aliphatic carbocycles. The van der Waals surface area contributed by atoms with Crippen molar-refractivity contribution in [3.05, 3.63) is 46.5 Å². The van der Waals surface area contributed by atoms with Crippen LogP contribution in [0.1, 0.15) is 11.4 Å². The number of aromatic nitrogens is 2. The highest BCUT2D eigenvalue weighted by Crippen LogP contribution is 2.33. The Labute approximate surface area is 116 Å². The maximum absolute atomic E-state index is 12.6. The minimum atomic E-state index is -4.35. The van der Waals surface area contributed by atoms with E-state index in [0.717, 1.165) is 12.1 Å². The predicted molar refractivity (Wildman–Crippen MR) is 69.0 cm³/mol. The van der Waals surface area contributed by atoms with Gasteiger partial charge < -0.3 is 10.3 Å². The van der Waals surface area contributed by atoms with E-state index >= 15 is 0 Å². The second-order valence-corrected chi connectivity index (χ2v) is 4.77. The molecule has 0 radical (unpaired) electrons. The van der Waals surface area contributed by atoms with Crippen LogP contribution >= 0.6 is 15.9 Å². The summed E-state index contributed by atoms with van der Waals surface area (Å²) in [6.07, 6.45) is -0.510. The van der Waals surface area contributed by atoms with E-state index in [-0.39, 0.29) is 0 Å². The van der Waals surface area contributed by atoms with E-state index in [2.05, 4.69) is 20.9 Å². The van der Waals surface area contributed by atoms with Gasteiger partial charge in [0.2, 0.25) is 0 Å². The Balaban J connectivity index is 2.44. The Kier molecular flexibility index (Phi) is 3.96. The number of halogens is 4. The molecule has 1 aromatic heterocycles. The summed E-state index contributed by atoms with van der Waals surface area (Å²) < 4.78 is 39.8. The molecule has 0 bridgehead atoms. The lowest BCUT2D eigenvalue weighted by Crippen LogP contribution is -2.10. The molecule has 0 saturated carbocycles. The van der Waals surface area contributed by atoms with Crippen LogP contribution in [0.2, 0.25) is 0 Å². The lowest BCUT2D eigenvalue weighted by Gasteiger charge is -2.12. The summed E-state index contributed by atoms with van der Waals surface area (Å²) in [6.45, 7) is 0.426. The van der Waals surface area contributed by atoms with Gasteiger partial charge in [0.05, 0.1) is 11.3 Å². The summed E-state index contributed by atoms with van der Waals surface area (Å²) in [6, 6.07) is 3.52.